The van der Waals surface area contributed by atoms with Crippen LogP contribution in [0.25, 0.3) is 0 Å². The fraction of sp³-hybridized carbons (Fsp3) is 0.750. The molecule has 2 aliphatic heterocycles. The average Bonchev–Trinajstić information content (AvgIpc) is 3.02. The molecular formula is C12H21N5. The number of aromatic amines is 1. The first-order chi connectivity index (χ1) is 8.42. The molecule has 0 aromatic carbocycles. The summed E-state index contributed by atoms with van der Waals surface area (Å²) in [7, 11) is 0. The van der Waals surface area contributed by atoms with Crippen LogP contribution in [0.5, 0.6) is 0 Å². The Kier molecular flexibility index (Phi) is 3.40. The van der Waals surface area contributed by atoms with Crippen molar-refractivity contribution in [3.05, 3.63) is 18.0 Å². The molecule has 1 aromatic heterocycles. The number of hydrogen-bond donors (Lipinski definition) is 2. The normalized spacial score (nSPS) is 27.6. The van der Waals surface area contributed by atoms with E-state index in [0.717, 1.165) is 25.7 Å². The molecule has 0 amide bonds. The minimum Gasteiger partial charge on any atom is -0.314 e. The number of piperazine rings is 1. The highest BCUT2D eigenvalue weighted by molar-refractivity contribution is 4.98. The van der Waals surface area contributed by atoms with Gasteiger partial charge in [0.05, 0.1) is 0 Å². The van der Waals surface area contributed by atoms with Crippen molar-refractivity contribution >= 4 is 0 Å². The van der Waals surface area contributed by atoms with Crippen LogP contribution in [-0.2, 0) is 6.54 Å². The van der Waals surface area contributed by atoms with Crippen LogP contribution in [0.3, 0.4) is 0 Å². The molecule has 0 spiro atoms. The van der Waals surface area contributed by atoms with Crippen molar-refractivity contribution in [1.82, 2.24) is 25.3 Å². The van der Waals surface area contributed by atoms with Crippen molar-refractivity contribution in [3.63, 3.8) is 0 Å². The van der Waals surface area contributed by atoms with E-state index in [2.05, 4.69) is 31.4 Å². The second-order valence-corrected chi connectivity index (χ2v) is 5.05. The highest BCUT2D eigenvalue weighted by Crippen LogP contribution is 2.17. The predicted octanol–water partition coefficient (Wildman–Crippen LogP) is -0.111. The lowest BCUT2D eigenvalue weighted by molar-refractivity contribution is 0.170. The van der Waals surface area contributed by atoms with Crippen LogP contribution < -0.4 is 5.32 Å². The number of nitrogens with one attached hydrogen (secondary N) is 2. The Bertz CT molecular complexity index is 331. The molecule has 0 radical (unpaired) electrons. The highest BCUT2D eigenvalue weighted by atomic mass is 15.3. The molecule has 2 fully saturated rings. The third-order valence-electron chi connectivity index (χ3n) is 3.87. The van der Waals surface area contributed by atoms with E-state index in [4.69, 9.17) is 0 Å². The van der Waals surface area contributed by atoms with Gasteiger partial charge in [-0.1, -0.05) is 0 Å². The zero-order valence-corrected chi connectivity index (χ0v) is 10.2. The van der Waals surface area contributed by atoms with Crippen LogP contribution in [0.15, 0.2) is 12.3 Å². The number of hydrogen-bond acceptors (Lipinski definition) is 4. The number of aromatic nitrogens is 2. The van der Waals surface area contributed by atoms with Gasteiger partial charge in [-0.3, -0.25) is 14.9 Å². The van der Waals surface area contributed by atoms with Gasteiger partial charge in [0.1, 0.15) is 0 Å². The van der Waals surface area contributed by atoms with E-state index in [1.54, 1.807) is 0 Å². The van der Waals surface area contributed by atoms with E-state index in [9.17, 15) is 0 Å². The molecule has 0 aliphatic carbocycles. The molecular weight excluding hydrogens is 214 g/mol. The van der Waals surface area contributed by atoms with Gasteiger partial charge in [0.25, 0.3) is 0 Å². The molecule has 2 aliphatic rings. The number of nitrogens with zero attached hydrogens (tertiary/aromatic N) is 3. The Morgan fingerprint density at radius 2 is 2.18 bits per heavy atom. The Morgan fingerprint density at radius 3 is 2.94 bits per heavy atom. The van der Waals surface area contributed by atoms with Crippen LogP contribution in [0.4, 0.5) is 0 Å². The van der Waals surface area contributed by atoms with Crippen molar-refractivity contribution in [2.45, 2.75) is 19.0 Å². The van der Waals surface area contributed by atoms with Crippen molar-refractivity contribution in [3.8, 4) is 0 Å². The van der Waals surface area contributed by atoms with Gasteiger partial charge in [0, 0.05) is 63.7 Å². The first-order valence-corrected chi connectivity index (χ1v) is 6.57. The molecule has 2 saturated heterocycles. The Hall–Kier alpha value is -0.910. The van der Waals surface area contributed by atoms with Crippen molar-refractivity contribution < 1.29 is 0 Å². The maximum absolute atomic E-state index is 4.00. The summed E-state index contributed by atoms with van der Waals surface area (Å²) in [5.41, 5.74) is 1.23. The first-order valence-electron chi connectivity index (χ1n) is 6.57. The minimum atomic E-state index is 0.764. The Morgan fingerprint density at radius 1 is 1.29 bits per heavy atom. The van der Waals surface area contributed by atoms with Gasteiger partial charge >= 0.3 is 0 Å². The molecule has 2 N–H and O–H groups in total. The van der Waals surface area contributed by atoms with E-state index in [0.29, 0.717) is 0 Å². The standard InChI is InChI=1S/C12H21N5/c1-3-14-15-11(1)9-16-6-2-12(10-16)17-7-4-13-5-8-17/h1,3,12-13H,2,4-10H2,(H,14,15). The van der Waals surface area contributed by atoms with E-state index in [1.165, 1.54) is 38.3 Å². The van der Waals surface area contributed by atoms with Gasteiger partial charge < -0.3 is 5.32 Å². The summed E-state index contributed by atoms with van der Waals surface area (Å²) >= 11 is 0. The number of rotatable bonds is 3. The lowest BCUT2D eigenvalue weighted by Gasteiger charge is -2.32. The maximum Gasteiger partial charge on any atom is 0.0492 e. The van der Waals surface area contributed by atoms with Crippen molar-refractivity contribution in [2.24, 2.45) is 0 Å². The number of likely N-dealkylation sites (tertiary alicyclic amines) is 1. The fourth-order valence-electron chi connectivity index (χ4n) is 2.91. The van der Waals surface area contributed by atoms with Gasteiger partial charge in [-0.05, 0) is 12.5 Å². The van der Waals surface area contributed by atoms with Gasteiger partial charge in [-0.15, -0.1) is 0 Å². The van der Waals surface area contributed by atoms with Crippen LogP contribution >= 0.6 is 0 Å². The maximum atomic E-state index is 4.00. The minimum absolute atomic E-state index is 0.764. The van der Waals surface area contributed by atoms with Gasteiger partial charge in [0.15, 0.2) is 0 Å². The fourth-order valence-corrected chi connectivity index (χ4v) is 2.91. The third kappa shape index (κ3) is 2.68. The molecule has 1 unspecified atom stereocenters. The van der Waals surface area contributed by atoms with Gasteiger partial charge in [-0.25, -0.2) is 0 Å². The molecule has 1 atom stereocenters. The van der Waals surface area contributed by atoms with Crippen molar-refractivity contribution in [2.75, 3.05) is 39.3 Å². The highest BCUT2D eigenvalue weighted by Gasteiger charge is 2.28. The number of H-pyrrole nitrogens is 1. The molecule has 3 heterocycles. The Balaban J connectivity index is 1.51. The second-order valence-electron chi connectivity index (χ2n) is 5.05. The van der Waals surface area contributed by atoms with Crippen molar-refractivity contribution in [1.29, 1.82) is 0 Å². The van der Waals surface area contributed by atoms with Crippen LogP contribution in [-0.4, -0.2) is 65.3 Å². The van der Waals surface area contributed by atoms with E-state index >= 15 is 0 Å². The summed E-state index contributed by atoms with van der Waals surface area (Å²) in [6, 6.07) is 2.83. The van der Waals surface area contributed by atoms with Crippen LogP contribution in [0.2, 0.25) is 0 Å². The quantitative estimate of drug-likeness (QED) is 0.767. The summed E-state index contributed by atoms with van der Waals surface area (Å²) in [5, 5.41) is 10.5. The average molecular weight is 235 g/mol. The van der Waals surface area contributed by atoms with Crippen LogP contribution in [0.1, 0.15) is 12.1 Å². The van der Waals surface area contributed by atoms with E-state index < -0.39 is 0 Å². The predicted molar refractivity (Wildman–Crippen MR) is 66.7 cm³/mol. The Labute approximate surface area is 102 Å². The molecule has 0 bridgehead atoms. The van der Waals surface area contributed by atoms with Gasteiger partial charge in [-0.2, -0.15) is 5.10 Å². The van der Waals surface area contributed by atoms with E-state index in [-0.39, 0.29) is 0 Å². The molecule has 0 saturated carbocycles. The molecule has 3 rings (SSSR count). The summed E-state index contributed by atoms with van der Waals surface area (Å²) in [6.07, 6.45) is 3.15. The van der Waals surface area contributed by atoms with E-state index in [1.807, 2.05) is 6.20 Å². The van der Waals surface area contributed by atoms with Crippen LogP contribution in [0, 0.1) is 0 Å². The molecule has 1 aromatic rings. The molecule has 17 heavy (non-hydrogen) atoms. The monoisotopic (exact) mass is 235 g/mol. The SMILES string of the molecule is c1cc(CN2CCC(N3CCNCC3)C2)[nH]n1. The van der Waals surface area contributed by atoms with Gasteiger partial charge in [0.2, 0.25) is 0 Å². The summed E-state index contributed by atoms with van der Waals surface area (Å²) in [6.45, 7) is 8.16. The molecule has 5 heteroatoms. The molecule has 5 nitrogen and oxygen atoms in total. The topological polar surface area (TPSA) is 47.2 Å². The molecule has 94 valence electrons. The summed E-state index contributed by atoms with van der Waals surface area (Å²) in [4.78, 5) is 5.17. The zero-order valence-electron chi connectivity index (χ0n) is 10.2. The smallest absolute Gasteiger partial charge is 0.0492 e. The largest absolute Gasteiger partial charge is 0.314 e. The first kappa shape index (κ1) is 11.2. The summed E-state index contributed by atoms with van der Waals surface area (Å²) < 4.78 is 0. The second kappa shape index (κ2) is 5.16. The lowest BCUT2D eigenvalue weighted by atomic mass is 10.2. The zero-order chi connectivity index (χ0) is 11.5. The summed E-state index contributed by atoms with van der Waals surface area (Å²) in [5.74, 6) is 0. The lowest BCUT2D eigenvalue weighted by Crippen LogP contribution is -2.49. The third-order valence-corrected chi connectivity index (χ3v) is 3.87.